The fourth-order valence-electron chi connectivity index (χ4n) is 3.04. The lowest BCUT2D eigenvalue weighted by atomic mass is 10.1. The Morgan fingerprint density at radius 2 is 2.04 bits per heavy atom. The number of hydrogen-bond acceptors (Lipinski definition) is 5. The fourth-order valence-corrected chi connectivity index (χ4v) is 3.91. The lowest BCUT2D eigenvalue weighted by Crippen LogP contribution is -2.32. The maximum absolute atomic E-state index is 12.4. The van der Waals surface area contributed by atoms with Crippen LogP contribution >= 0.6 is 11.8 Å². The molecule has 1 aliphatic carbocycles. The van der Waals surface area contributed by atoms with Crippen molar-refractivity contribution in [2.24, 2.45) is 0 Å². The smallest absolute Gasteiger partial charge is 0.233 e. The number of rotatable bonds is 6. The highest BCUT2D eigenvalue weighted by Crippen LogP contribution is 2.31. The first-order valence-electron chi connectivity index (χ1n) is 9.44. The van der Waals surface area contributed by atoms with E-state index in [-0.39, 0.29) is 11.2 Å². The number of carbonyl (C=O) groups excluding carboxylic acids is 1. The van der Waals surface area contributed by atoms with Crippen LogP contribution in [-0.4, -0.2) is 36.9 Å². The molecular formula is C21H23N5OS. The number of hydrogen-bond donors (Lipinski definition) is 1. The molecule has 1 aliphatic rings. The van der Waals surface area contributed by atoms with Crippen molar-refractivity contribution in [2.75, 3.05) is 0 Å². The minimum absolute atomic E-state index is 0.0436. The number of pyridine rings is 1. The van der Waals surface area contributed by atoms with Crippen molar-refractivity contribution < 1.29 is 4.79 Å². The Kier molecular flexibility index (Phi) is 5.17. The van der Waals surface area contributed by atoms with E-state index in [0.717, 1.165) is 29.8 Å². The first-order valence-corrected chi connectivity index (χ1v) is 10.3. The number of nitrogens with zero attached hydrogens (tertiary/aromatic N) is 4. The SMILES string of the molecule is Cc1ccc(-n2c(S[C@@H](C)C(=O)NC3CC3)nnc2-c2ccccn2)c(C)c1. The van der Waals surface area contributed by atoms with Gasteiger partial charge in [-0.15, -0.1) is 10.2 Å². The van der Waals surface area contributed by atoms with Crippen molar-refractivity contribution in [1.82, 2.24) is 25.1 Å². The molecule has 0 bridgehead atoms. The second-order valence-electron chi connectivity index (χ2n) is 7.19. The predicted octanol–water partition coefficient (Wildman–Crippen LogP) is 3.71. The monoisotopic (exact) mass is 393 g/mol. The molecule has 2 aromatic heterocycles. The van der Waals surface area contributed by atoms with Crippen LogP contribution < -0.4 is 5.32 Å². The van der Waals surface area contributed by atoms with Gasteiger partial charge in [0.15, 0.2) is 11.0 Å². The molecule has 0 saturated heterocycles. The minimum Gasteiger partial charge on any atom is -0.352 e. The van der Waals surface area contributed by atoms with E-state index in [1.807, 2.05) is 29.7 Å². The summed E-state index contributed by atoms with van der Waals surface area (Å²) >= 11 is 1.42. The van der Waals surface area contributed by atoms with Gasteiger partial charge in [-0.2, -0.15) is 0 Å². The molecule has 4 rings (SSSR count). The molecule has 144 valence electrons. The quantitative estimate of drug-likeness (QED) is 0.647. The molecule has 1 aromatic carbocycles. The van der Waals surface area contributed by atoms with Crippen LogP contribution in [0.5, 0.6) is 0 Å². The van der Waals surface area contributed by atoms with Crippen molar-refractivity contribution in [3.63, 3.8) is 0 Å². The van der Waals surface area contributed by atoms with Gasteiger partial charge in [0.05, 0.1) is 10.9 Å². The normalized spacial score (nSPS) is 14.7. The zero-order valence-corrected chi connectivity index (χ0v) is 17.0. The topological polar surface area (TPSA) is 72.7 Å². The van der Waals surface area contributed by atoms with Crippen molar-refractivity contribution >= 4 is 17.7 Å². The van der Waals surface area contributed by atoms with Gasteiger partial charge in [0.25, 0.3) is 0 Å². The summed E-state index contributed by atoms with van der Waals surface area (Å²) in [5, 5.41) is 12.3. The summed E-state index contributed by atoms with van der Waals surface area (Å²) in [5.41, 5.74) is 4.06. The lowest BCUT2D eigenvalue weighted by Gasteiger charge is -2.15. The standard InChI is InChI=1S/C21H23N5OS/c1-13-7-10-18(14(2)12-13)26-19(17-6-4-5-11-22-17)24-25-21(26)28-15(3)20(27)23-16-8-9-16/h4-7,10-12,15-16H,8-9H2,1-3H3,(H,23,27)/t15-/m0/s1. The van der Waals surface area contributed by atoms with Crippen LogP contribution in [0.25, 0.3) is 17.2 Å². The van der Waals surface area contributed by atoms with Crippen LogP contribution in [-0.2, 0) is 4.79 Å². The predicted molar refractivity (Wildman–Crippen MR) is 111 cm³/mol. The van der Waals surface area contributed by atoms with Gasteiger partial charge in [0.2, 0.25) is 5.91 Å². The van der Waals surface area contributed by atoms with Crippen LogP contribution in [0, 0.1) is 13.8 Å². The Morgan fingerprint density at radius 3 is 2.71 bits per heavy atom. The van der Waals surface area contributed by atoms with Gasteiger partial charge in [-0.25, -0.2) is 0 Å². The average Bonchev–Trinajstić information content (AvgIpc) is 3.41. The Morgan fingerprint density at radius 1 is 1.21 bits per heavy atom. The first-order chi connectivity index (χ1) is 13.5. The molecule has 1 fully saturated rings. The molecule has 28 heavy (non-hydrogen) atoms. The molecule has 7 heteroatoms. The fraction of sp³-hybridized carbons (Fsp3) is 0.333. The number of aryl methyl sites for hydroxylation is 2. The second kappa shape index (κ2) is 7.75. The third-order valence-electron chi connectivity index (χ3n) is 4.70. The Balaban J connectivity index is 1.73. The lowest BCUT2D eigenvalue weighted by molar-refractivity contribution is -0.120. The number of thioether (sulfide) groups is 1. The van der Waals surface area contributed by atoms with Crippen LogP contribution in [0.1, 0.15) is 30.9 Å². The van der Waals surface area contributed by atoms with Gasteiger partial charge in [-0.3, -0.25) is 14.3 Å². The molecule has 1 saturated carbocycles. The number of nitrogens with one attached hydrogen (secondary N) is 1. The maximum atomic E-state index is 12.4. The molecule has 6 nitrogen and oxygen atoms in total. The molecule has 1 N–H and O–H groups in total. The summed E-state index contributed by atoms with van der Waals surface area (Å²) in [6.07, 6.45) is 3.90. The maximum Gasteiger partial charge on any atom is 0.233 e. The van der Waals surface area contributed by atoms with Gasteiger partial charge < -0.3 is 5.32 Å². The zero-order chi connectivity index (χ0) is 19.7. The van der Waals surface area contributed by atoms with Crippen LogP contribution in [0.15, 0.2) is 47.8 Å². The van der Waals surface area contributed by atoms with Gasteiger partial charge in [0.1, 0.15) is 5.69 Å². The largest absolute Gasteiger partial charge is 0.352 e. The summed E-state index contributed by atoms with van der Waals surface area (Å²) < 4.78 is 2.00. The Bertz CT molecular complexity index is 997. The third kappa shape index (κ3) is 3.94. The van der Waals surface area contributed by atoms with Crippen LogP contribution in [0.4, 0.5) is 0 Å². The van der Waals surface area contributed by atoms with Crippen molar-refractivity contribution in [3.8, 4) is 17.2 Å². The van der Waals surface area contributed by atoms with Gasteiger partial charge in [-0.05, 0) is 57.4 Å². The highest BCUT2D eigenvalue weighted by atomic mass is 32.2. The minimum atomic E-state index is -0.258. The van der Waals surface area contributed by atoms with Crippen molar-refractivity contribution in [1.29, 1.82) is 0 Å². The zero-order valence-electron chi connectivity index (χ0n) is 16.2. The van der Waals surface area contributed by atoms with E-state index >= 15 is 0 Å². The Hall–Kier alpha value is -2.67. The summed E-state index contributed by atoms with van der Waals surface area (Å²) in [6, 6.07) is 12.3. The molecule has 0 radical (unpaired) electrons. The molecule has 2 heterocycles. The second-order valence-corrected chi connectivity index (χ2v) is 8.50. The summed E-state index contributed by atoms with van der Waals surface area (Å²) in [5.74, 6) is 0.715. The summed E-state index contributed by atoms with van der Waals surface area (Å²) in [6.45, 7) is 6.05. The molecule has 3 aromatic rings. The van der Waals surface area contributed by atoms with Crippen LogP contribution in [0.2, 0.25) is 0 Å². The van der Waals surface area contributed by atoms with E-state index in [0.29, 0.717) is 17.0 Å². The first kappa shape index (κ1) is 18.7. The highest BCUT2D eigenvalue weighted by molar-refractivity contribution is 8.00. The van der Waals surface area contributed by atoms with E-state index in [9.17, 15) is 4.79 Å². The van der Waals surface area contributed by atoms with E-state index < -0.39 is 0 Å². The van der Waals surface area contributed by atoms with Crippen molar-refractivity contribution in [3.05, 3.63) is 53.7 Å². The van der Waals surface area contributed by atoms with Gasteiger partial charge >= 0.3 is 0 Å². The number of amides is 1. The van der Waals surface area contributed by atoms with E-state index in [4.69, 9.17) is 0 Å². The van der Waals surface area contributed by atoms with Gasteiger partial charge in [0, 0.05) is 12.2 Å². The summed E-state index contributed by atoms with van der Waals surface area (Å²) in [4.78, 5) is 16.9. The van der Waals surface area contributed by atoms with E-state index in [1.54, 1.807) is 6.20 Å². The Labute approximate surface area is 168 Å². The van der Waals surface area contributed by atoms with Crippen LogP contribution in [0.3, 0.4) is 0 Å². The third-order valence-corrected chi connectivity index (χ3v) is 5.74. The highest BCUT2D eigenvalue weighted by Gasteiger charge is 2.28. The summed E-state index contributed by atoms with van der Waals surface area (Å²) in [7, 11) is 0. The molecule has 0 spiro atoms. The van der Waals surface area contributed by atoms with E-state index in [1.165, 1.54) is 17.3 Å². The van der Waals surface area contributed by atoms with E-state index in [2.05, 4.69) is 52.5 Å². The molecule has 1 amide bonds. The molecule has 0 unspecified atom stereocenters. The molecule has 0 aliphatic heterocycles. The van der Waals surface area contributed by atoms with Gasteiger partial charge in [-0.1, -0.05) is 35.5 Å². The average molecular weight is 394 g/mol. The molecular weight excluding hydrogens is 370 g/mol. The number of carbonyl (C=O) groups is 1. The number of benzene rings is 1. The van der Waals surface area contributed by atoms with Crippen molar-refractivity contribution in [2.45, 2.75) is 50.1 Å². The molecule has 1 atom stereocenters. The number of aromatic nitrogens is 4.